The first-order valence-corrected chi connectivity index (χ1v) is 13.2. The topological polar surface area (TPSA) is 85.7 Å². The standard InChI is InChI=1S/C24H27N5O2S2/c1-3-4-13-29-21(15-9-11-16(31-2)12-10-15)27-28-24(29)32-14-19-25-22(30)20-17-7-5-6-8-18(17)33-23(20)26-19/h9-12H,3-8,13-14H2,1-2H3,(H,25,26,30). The van der Waals surface area contributed by atoms with Gasteiger partial charge in [-0.15, -0.1) is 21.5 Å². The van der Waals surface area contributed by atoms with Crippen LogP contribution in [0.25, 0.3) is 21.6 Å². The quantitative estimate of drug-likeness (QED) is 0.347. The Morgan fingerprint density at radius 3 is 2.79 bits per heavy atom. The molecular weight excluding hydrogens is 454 g/mol. The molecule has 1 aromatic carbocycles. The number of rotatable bonds is 8. The van der Waals surface area contributed by atoms with E-state index in [1.54, 1.807) is 30.2 Å². The van der Waals surface area contributed by atoms with Gasteiger partial charge < -0.3 is 14.3 Å². The first kappa shape index (κ1) is 22.2. The SMILES string of the molecule is CCCCn1c(SCc2nc3sc4c(c3c(=O)[nH]2)CCCC4)nnc1-c1ccc(OC)cc1. The van der Waals surface area contributed by atoms with Crippen LogP contribution < -0.4 is 10.3 Å². The molecule has 1 N–H and O–H groups in total. The molecule has 0 saturated carbocycles. The highest BCUT2D eigenvalue weighted by atomic mass is 32.2. The molecule has 1 aliphatic rings. The number of thioether (sulfide) groups is 1. The van der Waals surface area contributed by atoms with E-state index in [9.17, 15) is 4.79 Å². The number of ether oxygens (including phenoxy) is 1. The summed E-state index contributed by atoms with van der Waals surface area (Å²) in [5, 5.41) is 10.6. The van der Waals surface area contributed by atoms with E-state index in [2.05, 4.69) is 26.7 Å². The van der Waals surface area contributed by atoms with Crippen molar-refractivity contribution in [2.24, 2.45) is 0 Å². The van der Waals surface area contributed by atoms with Crippen molar-refractivity contribution in [3.63, 3.8) is 0 Å². The molecule has 0 aliphatic heterocycles. The number of fused-ring (bicyclic) bond motifs is 3. The Hall–Kier alpha value is -2.65. The fraction of sp³-hybridized carbons (Fsp3) is 0.417. The van der Waals surface area contributed by atoms with E-state index in [0.717, 1.165) is 71.2 Å². The number of H-pyrrole nitrogens is 1. The number of hydrogen-bond acceptors (Lipinski definition) is 7. The van der Waals surface area contributed by atoms with E-state index >= 15 is 0 Å². The van der Waals surface area contributed by atoms with Crippen LogP contribution in [0.3, 0.4) is 0 Å². The van der Waals surface area contributed by atoms with Gasteiger partial charge in [0.2, 0.25) is 0 Å². The number of nitrogens with one attached hydrogen (secondary N) is 1. The Kier molecular flexibility index (Phi) is 6.50. The normalized spacial score (nSPS) is 13.4. The molecule has 7 nitrogen and oxygen atoms in total. The first-order valence-electron chi connectivity index (χ1n) is 11.4. The molecule has 3 aromatic heterocycles. The molecule has 9 heteroatoms. The van der Waals surface area contributed by atoms with Gasteiger partial charge in [0.15, 0.2) is 11.0 Å². The van der Waals surface area contributed by atoms with E-state index in [1.165, 1.54) is 16.9 Å². The number of methoxy groups -OCH3 is 1. The van der Waals surface area contributed by atoms with Crippen LogP contribution in [0.15, 0.2) is 34.2 Å². The molecule has 0 fully saturated rings. The van der Waals surface area contributed by atoms with Crippen molar-refractivity contribution in [1.82, 2.24) is 24.7 Å². The van der Waals surface area contributed by atoms with Gasteiger partial charge in [-0.25, -0.2) is 4.98 Å². The third kappa shape index (κ3) is 4.44. The zero-order valence-corrected chi connectivity index (χ0v) is 20.5. The lowest BCUT2D eigenvalue weighted by atomic mass is 9.97. The maximum absolute atomic E-state index is 12.9. The van der Waals surface area contributed by atoms with E-state index in [-0.39, 0.29) is 5.56 Å². The van der Waals surface area contributed by atoms with Crippen molar-refractivity contribution in [2.75, 3.05) is 7.11 Å². The summed E-state index contributed by atoms with van der Waals surface area (Å²) in [6.07, 6.45) is 6.52. The zero-order chi connectivity index (χ0) is 22.8. The van der Waals surface area contributed by atoms with Crippen LogP contribution in [0.4, 0.5) is 0 Å². The summed E-state index contributed by atoms with van der Waals surface area (Å²) in [4.78, 5) is 22.9. The van der Waals surface area contributed by atoms with Crippen molar-refractivity contribution in [3.8, 4) is 17.1 Å². The predicted molar refractivity (Wildman–Crippen MR) is 133 cm³/mol. The average molecular weight is 482 g/mol. The number of hydrogen-bond donors (Lipinski definition) is 1. The van der Waals surface area contributed by atoms with Crippen molar-refractivity contribution >= 4 is 33.3 Å². The number of aromatic nitrogens is 5. The number of aryl methyl sites for hydroxylation is 2. The molecule has 33 heavy (non-hydrogen) atoms. The predicted octanol–water partition coefficient (Wildman–Crippen LogP) is 5.22. The van der Waals surface area contributed by atoms with Crippen molar-refractivity contribution in [2.45, 2.75) is 62.9 Å². The minimum absolute atomic E-state index is 0.0126. The van der Waals surface area contributed by atoms with E-state index < -0.39 is 0 Å². The van der Waals surface area contributed by atoms with Crippen LogP contribution in [0.1, 0.15) is 48.9 Å². The second-order valence-electron chi connectivity index (χ2n) is 8.23. The summed E-state index contributed by atoms with van der Waals surface area (Å²) in [5.41, 5.74) is 2.21. The van der Waals surface area contributed by atoms with Crippen molar-refractivity contribution in [3.05, 3.63) is 50.9 Å². The van der Waals surface area contributed by atoms with Gasteiger partial charge in [-0.3, -0.25) is 4.79 Å². The molecule has 3 heterocycles. The molecule has 172 valence electrons. The van der Waals surface area contributed by atoms with Crippen LogP contribution in [0.2, 0.25) is 0 Å². The van der Waals surface area contributed by atoms with Crippen LogP contribution in [-0.4, -0.2) is 31.8 Å². The molecule has 0 spiro atoms. The minimum Gasteiger partial charge on any atom is -0.497 e. The summed E-state index contributed by atoms with van der Waals surface area (Å²) >= 11 is 3.25. The molecule has 5 rings (SSSR count). The molecule has 0 unspecified atom stereocenters. The Bertz CT molecular complexity index is 1320. The highest BCUT2D eigenvalue weighted by Crippen LogP contribution is 2.34. The summed E-state index contributed by atoms with van der Waals surface area (Å²) in [5.74, 6) is 2.89. The maximum atomic E-state index is 12.9. The number of unbranched alkanes of at least 4 members (excludes halogenated alkanes) is 1. The molecule has 1 aliphatic carbocycles. The highest BCUT2D eigenvalue weighted by molar-refractivity contribution is 7.98. The summed E-state index contributed by atoms with van der Waals surface area (Å²) in [6, 6.07) is 7.88. The summed E-state index contributed by atoms with van der Waals surface area (Å²) < 4.78 is 7.44. The third-order valence-corrected chi connectivity index (χ3v) is 8.18. The lowest BCUT2D eigenvalue weighted by Gasteiger charge is -2.10. The zero-order valence-electron chi connectivity index (χ0n) is 18.9. The molecular formula is C24H27N5O2S2. The number of benzene rings is 1. The van der Waals surface area contributed by atoms with Crippen molar-refractivity contribution < 1.29 is 4.74 Å². The Morgan fingerprint density at radius 1 is 1.18 bits per heavy atom. The smallest absolute Gasteiger partial charge is 0.259 e. The molecule has 0 radical (unpaired) electrons. The van der Waals surface area contributed by atoms with Gasteiger partial charge in [-0.2, -0.15) is 0 Å². The van der Waals surface area contributed by atoms with Gasteiger partial charge in [0.05, 0.1) is 18.2 Å². The van der Waals surface area contributed by atoms with Crippen LogP contribution in [-0.2, 0) is 25.1 Å². The maximum Gasteiger partial charge on any atom is 0.259 e. The van der Waals surface area contributed by atoms with Crippen LogP contribution in [0, 0.1) is 0 Å². The van der Waals surface area contributed by atoms with E-state index in [0.29, 0.717) is 11.6 Å². The van der Waals surface area contributed by atoms with Gasteiger partial charge in [0, 0.05) is 17.0 Å². The summed E-state index contributed by atoms with van der Waals surface area (Å²) in [7, 11) is 1.66. The number of thiophene rings is 1. The summed E-state index contributed by atoms with van der Waals surface area (Å²) in [6.45, 7) is 3.02. The second-order valence-corrected chi connectivity index (χ2v) is 10.3. The van der Waals surface area contributed by atoms with Crippen molar-refractivity contribution in [1.29, 1.82) is 0 Å². The molecule has 0 bridgehead atoms. The fourth-order valence-corrected chi connectivity index (χ4v) is 6.39. The van der Waals surface area contributed by atoms with Gasteiger partial charge in [-0.05, 0) is 61.9 Å². The minimum atomic E-state index is -0.0126. The van der Waals surface area contributed by atoms with Crippen LogP contribution in [0.5, 0.6) is 5.75 Å². The van der Waals surface area contributed by atoms with Gasteiger partial charge in [0.25, 0.3) is 5.56 Å². The van der Waals surface area contributed by atoms with Gasteiger partial charge in [-0.1, -0.05) is 25.1 Å². The number of aromatic amines is 1. The molecule has 0 amide bonds. The fourth-order valence-electron chi connectivity index (χ4n) is 4.28. The molecule has 0 saturated heterocycles. The monoisotopic (exact) mass is 481 g/mol. The lowest BCUT2D eigenvalue weighted by molar-refractivity contribution is 0.415. The Balaban J connectivity index is 1.41. The molecule has 0 atom stereocenters. The highest BCUT2D eigenvalue weighted by Gasteiger charge is 2.20. The van der Waals surface area contributed by atoms with E-state index in [1.807, 2.05) is 24.3 Å². The lowest BCUT2D eigenvalue weighted by Crippen LogP contribution is -2.12. The second kappa shape index (κ2) is 9.69. The first-order chi connectivity index (χ1) is 16.2. The third-order valence-electron chi connectivity index (χ3n) is 6.01. The van der Waals surface area contributed by atoms with E-state index in [4.69, 9.17) is 9.72 Å². The van der Waals surface area contributed by atoms with Gasteiger partial charge in [0.1, 0.15) is 16.4 Å². The Morgan fingerprint density at radius 2 is 2.00 bits per heavy atom. The number of nitrogens with zero attached hydrogens (tertiary/aromatic N) is 4. The average Bonchev–Trinajstić information content (AvgIpc) is 3.42. The Labute approximate surface area is 200 Å². The largest absolute Gasteiger partial charge is 0.497 e. The van der Waals surface area contributed by atoms with Gasteiger partial charge >= 0.3 is 0 Å². The molecule has 4 aromatic rings. The van der Waals surface area contributed by atoms with Crippen LogP contribution >= 0.6 is 23.1 Å².